The standard InChI is InChI=1S/C16H20N2O/c1-2-15-10-18-16(19-15)11-17-14-8-13(9-14)12-6-4-3-5-7-12/h3-7,10,13-14,17H,2,8-9,11H2,1H3. The topological polar surface area (TPSA) is 38.1 Å². The van der Waals surface area contributed by atoms with Crippen LogP contribution in [0.15, 0.2) is 40.9 Å². The fourth-order valence-corrected chi connectivity index (χ4v) is 2.61. The fourth-order valence-electron chi connectivity index (χ4n) is 2.61. The van der Waals surface area contributed by atoms with E-state index in [9.17, 15) is 0 Å². The van der Waals surface area contributed by atoms with Gasteiger partial charge in [0.25, 0.3) is 0 Å². The maximum atomic E-state index is 5.59. The predicted molar refractivity (Wildman–Crippen MR) is 74.9 cm³/mol. The number of rotatable bonds is 5. The highest BCUT2D eigenvalue weighted by Gasteiger charge is 2.29. The molecule has 100 valence electrons. The van der Waals surface area contributed by atoms with E-state index in [2.05, 4.69) is 47.6 Å². The van der Waals surface area contributed by atoms with E-state index in [-0.39, 0.29) is 0 Å². The molecule has 19 heavy (non-hydrogen) atoms. The second-order valence-electron chi connectivity index (χ2n) is 5.23. The van der Waals surface area contributed by atoms with E-state index in [0.29, 0.717) is 6.04 Å². The van der Waals surface area contributed by atoms with Gasteiger partial charge in [-0.2, -0.15) is 0 Å². The average Bonchev–Trinajstić information content (AvgIpc) is 2.86. The molecule has 3 nitrogen and oxygen atoms in total. The van der Waals surface area contributed by atoms with Crippen molar-refractivity contribution in [3.05, 3.63) is 53.7 Å². The Bertz CT molecular complexity index is 515. The van der Waals surface area contributed by atoms with Gasteiger partial charge in [-0.1, -0.05) is 37.3 Å². The molecule has 1 aliphatic rings. The summed E-state index contributed by atoms with van der Waals surface area (Å²) in [6.07, 6.45) is 5.16. The summed E-state index contributed by atoms with van der Waals surface area (Å²) in [5.41, 5.74) is 1.46. The Morgan fingerprint density at radius 3 is 2.74 bits per heavy atom. The Labute approximate surface area is 114 Å². The quantitative estimate of drug-likeness (QED) is 0.892. The molecule has 0 spiro atoms. The normalized spacial score (nSPS) is 22.2. The number of aryl methyl sites for hydroxylation is 1. The van der Waals surface area contributed by atoms with E-state index in [1.807, 2.05) is 6.20 Å². The first-order chi connectivity index (χ1) is 9.35. The molecule has 2 aromatic rings. The number of nitrogens with zero attached hydrogens (tertiary/aromatic N) is 1. The Kier molecular flexibility index (Phi) is 3.65. The smallest absolute Gasteiger partial charge is 0.208 e. The lowest BCUT2D eigenvalue weighted by atomic mass is 9.76. The number of hydrogen-bond donors (Lipinski definition) is 1. The average molecular weight is 256 g/mol. The van der Waals surface area contributed by atoms with Crippen LogP contribution in [0.25, 0.3) is 0 Å². The van der Waals surface area contributed by atoms with Crippen LogP contribution in [-0.2, 0) is 13.0 Å². The molecule has 0 atom stereocenters. The van der Waals surface area contributed by atoms with Crippen LogP contribution in [0.2, 0.25) is 0 Å². The molecule has 0 radical (unpaired) electrons. The van der Waals surface area contributed by atoms with E-state index >= 15 is 0 Å². The van der Waals surface area contributed by atoms with Crippen molar-refractivity contribution in [1.82, 2.24) is 10.3 Å². The van der Waals surface area contributed by atoms with Gasteiger partial charge in [0.15, 0.2) is 0 Å². The summed E-state index contributed by atoms with van der Waals surface area (Å²) in [5.74, 6) is 2.49. The minimum atomic E-state index is 0.599. The lowest BCUT2D eigenvalue weighted by Gasteiger charge is -2.36. The van der Waals surface area contributed by atoms with Crippen LogP contribution in [-0.4, -0.2) is 11.0 Å². The van der Waals surface area contributed by atoms with Gasteiger partial charge in [0, 0.05) is 12.5 Å². The van der Waals surface area contributed by atoms with Gasteiger partial charge in [-0.25, -0.2) is 4.98 Å². The van der Waals surface area contributed by atoms with Crippen LogP contribution in [0.3, 0.4) is 0 Å². The minimum Gasteiger partial charge on any atom is -0.444 e. The van der Waals surface area contributed by atoms with Crippen LogP contribution >= 0.6 is 0 Å². The first-order valence-corrected chi connectivity index (χ1v) is 7.07. The molecule has 1 aliphatic carbocycles. The molecule has 1 aromatic heterocycles. The summed E-state index contributed by atoms with van der Waals surface area (Å²) in [6.45, 7) is 2.82. The monoisotopic (exact) mass is 256 g/mol. The zero-order chi connectivity index (χ0) is 13.1. The Morgan fingerprint density at radius 1 is 1.26 bits per heavy atom. The third-order valence-electron chi connectivity index (χ3n) is 3.90. The minimum absolute atomic E-state index is 0.599. The molecular weight excluding hydrogens is 236 g/mol. The fraction of sp³-hybridized carbons (Fsp3) is 0.438. The second kappa shape index (κ2) is 5.57. The molecule has 0 aliphatic heterocycles. The lowest BCUT2D eigenvalue weighted by molar-refractivity contribution is 0.278. The van der Waals surface area contributed by atoms with Gasteiger partial charge in [-0.3, -0.25) is 0 Å². The van der Waals surface area contributed by atoms with Crippen molar-refractivity contribution >= 4 is 0 Å². The summed E-state index contributed by atoms with van der Waals surface area (Å²) in [6, 6.07) is 11.4. The van der Waals surface area contributed by atoms with Gasteiger partial charge in [-0.05, 0) is 24.3 Å². The molecule has 0 bridgehead atoms. The third-order valence-corrected chi connectivity index (χ3v) is 3.90. The third kappa shape index (κ3) is 2.87. The van der Waals surface area contributed by atoms with Gasteiger partial charge in [0.05, 0.1) is 12.7 Å². The van der Waals surface area contributed by atoms with Crippen molar-refractivity contribution in [3.8, 4) is 0 Å². The van der Waals surface area contributed by atoms with E-state index in [1.165, 1.54) is 18.4 Å². The summed E-state index contributed by atoms with van der Waals surface area (Å²) in [7, 11) is 0. The zero-order valence-corrected chi connectivity index (χ0v) is 11.3. The molecule has 0 unspecified atom stereocenters. The molecule has 1 aromatic carbocycles. The summed E-state index contributed by atoms with van der Waals surface area (Å²) >= 11 is 0. The molecule has 3 heteroatoms. The maximum Gasteiger partial charge on any atom is 0.208 e. The molecular formula is C16H20N2O. The molecule has 3 rings (SSSR count). The SMILES string of the molecule is CCc1cnc(CNC2CC(c3ccccc3)C2)o1. The van der Waals surface area contributed by atoms with Crippen molar-refractivity contribution < 1.29 is 4.42 Å². The predicted octanol–water partition coefficient (Wildman–Crippen LogP) is 3.27. The van der Waals surface area contributed by atoms with Crippen molar-refractivity contribution in [2.45, 2.75) is 44.7 Å². The summed E-state index contributed by atoms with van der Waals surface area (Å²) in [4.78, 5) is 4.27. The highest BCUT2D eigenvalue weighted by molar-refractivity contribution is 5.22. The van der Waals surface area contributed by atoms with Crippen LogP contribution in [0, 0.1) is 0 Å². The van der Waals surface area contributed by atoms with Crippen LogP contribution in [0.1, 0.15) is 42.9 Å². The van der Waals surface area contributed by atoms with Gasteiger partial charge < -0.3 is 9.73 Å². The maximum absolute atomic E-state index is 5.59. The van der Waals surface area contributed by atoms with Crippen molar-refractivity contribution in [2.75, 3.05) is 0 Å². The number of oxazole rings is 1. The summed E-state index contributed by atoms with van der Waals surface area (Å²) < 4.78 is 5.59. The highest BCUT2D eigenvalue weighted by Crippen LogP contribution is 2.36. The van der Waals surface area contributed by atoms with Crippen LogP contribution < -0.4 is 5.32 Å². The Hall–Kier alpha value is -1.61. The second-order valence-corrected chi connectivity index (χ2v) is 5.23. The molecule has 1 N–H and O–H groups in total. The van der Waals surface area contributed by atoms with Crippen molar-refractivity contribution in [2.24, 2.45) is 0 Å². The number of nitrogens with one attached hydrogen (secondary N) is 1. The molecule has 1 fully saturated rings. The Morgan fingerprint density at radius 2 is 2.05 bits per heavy atom. The van der Waals surface area contributed by atoms with Gasteiger partial charge in [-0.15, -0.1) is 0 Å². The number of benzene rings is 1. The van der Waals surface area contributed by atoms with E-state index in [4.69, 9.17) is 4.42 Å². The number of hydrogen-bond acceptors (Lipinski definition) is 3. The van der Waals surface area contributed by atoms with E-state index < -0.39 is 0 Å². The molecule has 0 saturated heterocycles. The number of aromatic nitrogens is 1. The largest absolute Gasteiger partial charge is 0.444 e. The molecule has 1 heterocycles. The van der Waals surface area contributed by atoms with Gasteiger partial charge in [0.2, 0.25) is 5.89 Å². The lowest BCUT2D eigenvalue weighted by Crippen LogP contribution is -2.39. The summed E-state index contributed by atoms with van der Waals surface area (Å²) in [5, 5.41) is 3.52. The van der Waals surface area contributed by atoms with E-state index in [0.717, 1.165) is 30.5 Å². The van der Waals surface area contributed by atoms with Gasteiger partial charge in [0.1, 0.15) is 5.76 Å². The van der Waals surface area contributed by atoms with Crippen LogP contribution in [0.4, 0.5) is 0 Å². The first kappa shape index (κ1) is 12.4. The van der Waals surface area contributed by atoms with Crippen molar-refractivity contribution in [3.63, 3.8) is 0 Å². The highest BCUT2D eigenvalue weighted by atomic mass is 16.4. The Balaban J connectivity index is 1.44. The molecule has 0 amide bonds. The first-order valence-electron chi connectivity index (χ1n) is 7.07. The van der Waals surface area contributed by atoms with Crippen molar-refractivity contribution in [1.29, 1.82) is 0 Å². The molecule has 1 saturated carbocycles. The van der Waals surface area contributed by atoms with E-state index in [1.54, 1.807) is 0 Å². The zero-order valence-electron chi connectivity index (χ0n) is 11.3. The van der Waals surface area contributed by atoms with Crippen LogP contribution in [0.5, 0.6) is 0 Å². The van der Waals surface area contributed by atoms with Gasteiger partial charge >= 0.3 is 0 Å².